The fourth-order valence-electron chi connectivity index (χ4n) is 2.10. The van der Waals surface area contributed by atoms with Gasteiger partial charge in [-0.05, 0) is 17.1 Å². The first-order valence-electron chi connectivity index (χ1n) is 7.15. The molecule has 1 amide bonds. The van der Waals surface area contributed by atoms with Crippen molar-refractivity contribution in [2.24, 2.45) is 0 Å². The molecule has 0 spiro atoms. The van der Waals surface area contributed by atoms with Crippen molar-refractivity contribution in [3.8, 4) is 5.88 Å². The molecule has 1 atom stereocenters. The largest absolute Gasteiger partial charge is 0.479 e. The van der Waals surface area contributed by atoms with Crippen molar-refractivity contribution in [1.29, 1.82) is 0 Å². The molecule has 118 valence electrons. The Morgan fingerprint density at radius 3 is 2.82 bits per heavy atom. The van der Waals surface area contributed by atoms with Crippen LogP contribution in [0.15, 0.2) is 40.9 Å². The first kappa shape index (κ1) is 16.0. The number of nitrogens with zero attached hydrogens (tertiary/aromatic N) is 1. The number of aliphatic hydroxyl groups excluding tert-OH is 1. The van der Waals surface area contributed by atoms with Crippen LogP contribution >= 0.6 is 0 Å². The van der Waals surface area contributed by atoms with E-state index in [2.05, 4.69) is 10.5 Å². The van der Waals surface area contributed by atoms with E-state index in [1.54, 1.807) is 6.07 Å². The molecule has 6 nitrogen and oxygen atoms in total. The molecule has 0 aliphatic heterocycles. The van der Waals surface area contributed by atoms with Gasteiger partial charge in [0.1, 0.15) is 5.76 Å². The van der Waals surface area contributed by atoms with Crippen LogP contribution < -0.4 is 10.1 Å². The molecule has 1 heterocycles. The molecule has 0 unspecified atom stereocenters. The van der Waals surface area contributed by atoms with Crippen LogP contribution in [0, 0.1) is 0 Å². The molecule has 2 aromatic rings. The lowest BCUT2D eigenvalue weighted by atomic mass is 10.1. The van der Waals surface area contributed by atoms with Gasteiger partial charge in [0.25, 0.3) is 5.88 Å². The standard InChI is InChI=1S/C16H20N2O4/c1-21-16-10-14(22-18-16)7-8-15(20)17-13(11-19)9-12-5-3-2-4-6-12/h2-6,10,13,19H,7-9,11H2,1H3,(H,17,20)/t13-/m1/s1. The van der Waals surface area contributed by atoms with E-state index in [0.717, 1.165) is 5.56 Å². The maximum absolute atomic E-state index is 11.9. The van der Waals surface area contributed by atoms with E-state index in [1.807, 2.05) is 30.3 Å². The number of aliphatic hydroxyl groups is 1. The summed E-state index contributed by atoms with van der Waals surface area (Å²) in [4.78, 5) is 11.9. The van der Waals surface area contributed by atoms with E-state index >= 15 is 0 Å². The average Bonchev–Trinajstić information content (AvgIpc) is 3.01. The molecule has 0 saturated heterocycles. The minimum atomic E-state index is -0.292. The van der Waals surface area contributed by atoms with Gasteiger partial charge in [-0.3, -0.25) is 4.79 Å². The summed E-state index contributed by atoms with van der Waals surface area (Å²) in [6.45, 7) is -0.100. The van der Waals surface area contributed by atoms with Crippen LogP contribution in [0.2, 0.25) is 0 Å². The van der Waals surface area contributed by atoms with Crippen molar-refractivity contribution in [2.75, 3.05) is 13.7 Å². The lowest BCUT2D eigenvalue weighted by Gasteiger charge is -2.16. The number of rotatable bonds is 8. The summed E-state index contributed by atoms with van der Waals surface area (Å²) >= 11 is 0. The molecule has 1 aromatic heterocycles. The quantitative estimate of drug-likeness (QED) is 0.768. The Bertz CT molecular complexity index is 583. The average molecular weight is 304 g/mol. The molecule has 2 N–H and O–H groups in total. The second kappa shape index (κ2) is 8.19. The zero-order valence-corrected chi connectivity index (χ0v) is 12.5. The minimum absolute atomic E-state index is 0.100. The lowest BCUT2D eigenvalue weighted by molar-refractivity contribution is -0.122. The highest BCUT2D eigenvalue weighted by Crippen LogP contribution is 2.12. The van der Waals surface area contributed by atoms with Crippen LogP contribution in [0.25, 0.3) is 0 Å². The van der Waals surface area contributed by atoms with Gasteiger partial charge in [-0.25, -0.2) is 0 Å². The van der Waals surface area contributed by atoms with Crippen molar-refractivity contribution in [1.82, 2.24) is 10.5 Å². The number of aryl methyl sites for hydroxylation is 1. The number of benzene rings is 1. The summed E-state index contributed by atoms with van der Waals surface area (Å²) in [5, 5.41) is 15.9. The third-order valence-corrected chi connectivity index (χ3v) is 3.26. The Kier molecular flexibility index (Phi) is 5.97. The number of carbonyl (C=O) groups excluding carboxylic acids is 1. The Morgan fingerprint density at radius 1 is 1.41 bits per heavy atom. The summed E-state index contributed by atoms with van der Waals surface area (Å²) in [5.41, 5.74) is 1.07. The molecule has 0 fully saturated rings. The highest BCUT2D eigenvalue weighted by molar-refractivity contribution is 5.76. The minimum Gasteiger partial charge on any atom is -0.479 e. The fraction of sp³-hybridized carbons (Fsp3) is 0.375. The van der Waals surface area contributed by atoms with Crippen molar-refractivity contribution in [3.63, 3.8) is 0 Å². The molecular weight excluding hydrogens is 284 g/mol. The monoisotopic (exact) mass is 304 g/mol. The van der Waals surface area contributed by atoms with Gasteiger partial charge in [0.05, 0.1) is 19.8 Å². The topological polar surface area (TPSA) is 84.6 Å². The van der Waals surface area contributed by atoms with Gasteiger partial charge < -0.3 is 19.7 Å². The summed E-state index contributed by atoms with van der Waals surface area (Å²) in [6.07, 6.45) is 1.30. The van der Waals surface area contributed by atoms with Crippen molar-refractivity contribution >= 4 is 5.91 Å². The predicted octanol–water partition coefficient (Wildman–Crippen LogP) is 1.34. The number of hydrogen-bond donors (Lipinski definition) is 2. The summed E-state index contributed by atoms with van der Waals surface area (Å²) < 4.78 is 9.94. The SMILES string of the molecule is COc1cc(CCC(=O)N[C@@H](CO)Cc2ccccc2)on1. The molecule has 0 aliphatic carbocycles. The Morgan fingerprint density at radius 2 is 2.18 bits per heavy atom. The lowest BCUT2D eigenvalue weighted by Crippen LogP contribution is -2.39. The van der Waals surface area contributed by atoms with E-state index in [1.165, 1.54) is 7.11 Å². The van der Waals surface area contributed by atoms with Crippen LogP contribution in [0.5, 0.6) is 5.88 Å². The van der Waals surface area contributed by atoms with Gasteiger partial charge in [0.2, 0.25) is 5.91 Å². The zero-order valence-electron chi connectivity index (χ0n) is 12.5. The summed E-state index contributed by atoms with van der Waals surface area (Å²) in [5.74, 6) is 0.855. The highest BCUT2D eigenvalue weighted by Gasteiger charge is 2.13. The van der Waals surface area contributed by atoms with Gasteiger partial charge in [-0.1, -0.05) is 30.3 Å². The second-order valence-corrected chi connectivity index (χ2v) is 4.97. The highest BCUT2D eigenvalue weighted by atomic mass is 16.5. The maximum atomic E-state index is 11.9. The fourth-order valence-corrected chi connectivity index (χ4v) is 2.10. The number of methoxy groups -OCH3 is 1. The van der Waals surface area contributed by atoms with Crippen molar-refractivity contribution in [3.05, 3.63) is 47.7 Å². The second-order valence-electron chi connectivity index (χ2n) is 4.97. The molecule has 6 heteroatoms. The molecule has 1 aromatic carbocycles. The summed E-state index contributed by atoms with van der Waals surface area (Å²) in [6, 6.07) is 11.1. The third kappa shape index (κ3) is 4.89. The van der Waals surface area contributed by atoms with Crippen molar-refractivity contribution in [2.45, 2.75) is 25.3 Å². The van der Waals surface area contributed by atoms with Gasteiger partial charge in [0, 0.05) is 18.9 Å². The van der Waals surface area contributed by atoms with Crippen LogP contribution in [-0.4, -0.2) is 35.9 Å². The van der Waals surface area contributed by atoms with E-state index in [9.17, 15) is 9.90 Å². The number of ether oxygens (including phenoxy) is 1. The zero-order chi connectivity index (χ0) is 15.8. The molecule has 2 rings (SSSR count). The van der Waals surface area contributed by atoms with Gasteiger partial charge in [-0.2, -0.15) is 0 Å². The normalized spacial score (nSPS) is 11.9. The molecule has 0 radical (unpaired) electrons. The maximum Gasteiger partial charge on any atom is 0.254 e. The first-order valence-corrected chi connectivity index (χ1v) is 7.15. The summed E-state index contributed by atoms with van der Waals surface area (Å²) in [7, 11) is 1.50. The van der Waals surface area contributed by atoms with Crippen LogP contribution in [0.3, 0.4) is 0 Å². The number of nitrogens with one attached hydrogen (secondary N) is 1. The Hall–Kier alpha value is -2.34. The Labute approximate surface area is 129 Å². The smallest absolute Gasteiger partial charge is 0.254 e. The third-order valence-electron chi connectivity index (χ3n) is 3.26. The van der Waals surface area contributed by atoms with Gasteiger partial charge in [-0.15, -0.1) is 0 Å². The van der Waals surface area contributed by atoms with E-state index in [0.29, 0.717) is 24.5 Å². The number of aromatic nitrogens is 1. The van der Waals surface area contributed by atoms with Crippen LogP contribution in [-0.2, 0) is 17.6 Å². The van der Waals surface area contributed by atoms with Gasteiger partial charge >= 0.3 is 0 Å². The van der Waals surface area contributed by atoms with E-state index in [4.69, 9.17) is 9.26 Å². The van der Waals surface area contributed by atoms with Gasteiger partial charge in [0.15, 0.2) is 0 Å². The molecular formula is C16H20N2O4. The number of carbonyl (C=O) groups is 1. The molecule has 0 aliphatic rings. The van der Waals surface area contributed by atoms with Crippen LogP contribution in [0.1, 0.15) is 17.7 Å². The first-order chi connectivity index (χ1) is 10.7. The van der Waals surface area contributed by atoms with Crippen LogP contribution in [0.4, 0.5) is 0 Å². The number of hydrogen-bond acceptors (Lipinski definition) is 5. The number of amides is 1. The van der Waals surface area contributed by atoms with E-state index < -0.39 is 0 Å². The molecule has 0 bridgehead atoms. The molecule has 22 heavy (non-hydrogen) atoms. The Balaban J connectivity index is 1.79. The molecule has 0 saturated carbocycles. The van der Waals surface area contributed by atoms with E-state index in [-0.39, 0.29) is 25.0 Å². The van der Waals surface area contributed by atoms with Crippen molar-refractivity contribution < 1.29 is 19.2 Å². The predicted molar refractivity (Wildman–Crippen MR) is 80.5 cm³/mol.